The maximum Gasteiger partial charge on any atom is 0.182 e. The lowest BCUT2D eigenvalue weighted by molar-refractivity contribution is 0.309. The number of rotatable bonds is 6. The molecule has 1 heterocycles. The fraction of sp³-hybridized carbons (Fsp3) is 0.308. The van der Waals surface area contributed by atoms with Crippen LogP contribution in [0, 0.1) is 0 Å². The van der Waals surface area contributed by atoms with Gasteiger partial charge in [0.1, 0.15) is 12.4 Å². The van der Waals surface area contributed by atoms with Gasteiger partial charge in [0.15, 0.2) is 5.13 Å². The molecule has 0 aliphatic rings. The molecule has 18 heavy (non-hydrogen) atoms. The van der Waals surface area contributed by atoms with Gasteiger partial charge in [-0.25, -0.2) is 4.98 Å². The van der Waals surface area contributed by atoms with Crippen molar-refractivity contribution in [1.82, 2.24) is 4.98 Å². The minimum absolute atomic E-state index is 0.563. The second kappa shape index (κ2) is 6.75. The predicted molar refractivity (Wildman–Crippen MR) is 79.4 cm³/mol. The van der Waals surface area contributed by atoms with E-state index in [1.54, 1.807) is 11.3 Å². The van der Waals surface area contributed by atoms with Crippen LogP contribution in [-0.2, 0) is 6.61 Å². The van der Waals surface area contributed by atoms with Crippen molar-refractivity contribution in [3.63, 3.8) is 0 Å². The molecule has 3 nitrogen and oxygen atoms in total. The summed E-state index contributed by atoms with van der Waals surface area (Å²) >= 11 is 5.04. The zero-order valence-electron chi connectivity index (χ0n) is 10.1. The Kier molecular flexibility index (Phi) is 5.01. The highest BCUT2D eigenvalue weighted by molar-refractivity contribution is 9.10. The Bertz CT molecular complexity index is 484. The molecule has 0 radical (unpaired) electrons. The summed E-state index contributed by atoms with van der Waals surface area (Å²) in [5, 5.41) is 4.23. The van der Waals surface area contributed by atoms with Crippen LogP contribution in [0.4, 0.5) is 5.13 Å². The molecule has 0 bridgehead atoms. The summed E-state index contributed by atoms with van der Waals surface area (Å²) in [6, 6.07) is 7.83. The highest BCUT2D eigenvalue weighted by Crippen LogP contribution is 2.21. The number of nitrogens with one attached hydrogen (secondary N) is 1. The first-order valence-electron chi connectivity index (χ1n) is 5.85. The number of aromatic nitrogens is 1. The van der Waals surface area contributed by atoms with Gasteiger partial charge in [0.25, 0.3) is 0 Å². The number of ether oxygens (including phenoxy) is 1. The molecule has 1 N–H and O–H groups in total. The normalized spacial score (nSPS) is 10.3. The van der Waals surface area contributed by atoms with Crippen LogP contribution in [0.1, 0.15) is 18.2 Å². The highest BCUT2D eigenvalue weighted by atomic mass is 79.9. The molecule has 1 aromatic carbocycles. The van der Waals surface area contributed by atoms with Crippen LogP contribution in [0.3, 0.4) is 0 Å². The van der Waals surface area contributed by atoms with Crippen LogP contribution in [0.2, 0.25) is 0 Å². The third-order valence-electron chi connectivity index (χ3n) is 2.27. The van der Waals surface area contributed by atoms with Crippen LogP contribution in [0.15, 0.2) is 34.9 Å². The van der Waals surface area contributed by atoms with Gasteiger partial charge < -0.3 is 10.1 Å². The van der Waals surface area contributed by atoms with Crippen molar-refractivity contribution in [2.45, 2.75) is 20.0 Å². The van der Waals surface area contributed by atoms with Crippen molar-refractivity contribution in [2.75, 3.05) is 11.9 Å². The van der Waals surface area contributed by atoms with Gasteiger partial charge in [-0.05, 0) is 30.7 Å². The van der Waals surface area contributed by atoms with Crippen molar-refractivity contribution in [1.29, 1.82) is 0 Å². The van der Waals surface area contributed by atoms with E-state index >= 15 is 0 Å². The first-order chi connectivity index (χ1) is 8.78. The van der Waals surface area contributed by atoms with Crippen LogP contribution in [0.25, 0.3) is 0 Å². The van der Waals surface area contributed by atoms with Crippen LogP contribution in [-0.4, -0.2) is 11.5 Å². The van der Waals surface area contributed by atoms with E-state index in [0.717, 1.165) is 33.2 Å². The molecule has 0 unspecified atom stereocenters. The van der Waals surface area contributed by atoms with Gasteiger partial charge in [0, 0.05) is 17.2 Å². The van der Waals surface area contributed by atoms with Gasteiger partial charge in [0.05, 0.1) is 4.88 Å². The standard InChI is InChI=1S/C13H15BrN2OS/c1-2-7-15-13-16-8-12(18-13)9-17-11-5-3-10(14)4-6-11/h3-6,8H,2,7,9H2,1H3,(H,15,16). The maximum absolute atomic E-state index is 5.69. The number of benzene rings is 1. The van der Waals surface area contributed by atoms with Gasteiger partial charge in [-0.15, -0.1) is 0 Å². The lowest BCUT2D eigenvalue weighted by Gasteiger charge is -2.03. The number of hydrogen-bond acceptors (Lipinski definition) is 4. The Morgan fingerprint density at radius 3 is 2.83 bits per heavy atom. The van der Waals surface area contributed by atoms with Crippen molar-refractivity contribution >= 4 is 32.4 Å². The van der Waals surface area contributed by atoms with E-state index in [-0.39, 0.29) is 0 Å². The summed E-state index contributed by atoms with van der Waals surface area (Å²) in [6.45, 7) is 3.66. The second-order valence-corrected chi connectivity index (χ2v) is 5.83. The molecule has 0 saturated carbocycles. The molecule has 0 fully saturated rings. The van der Waals surface area contributed by atoms with Crippen molar-refractivity contribution < 1.29 is 4.74 Å². The molecule has 0 aliphatic heterocycles. The summed E-state index contributed by atoms with van der Waals surface area (Å²) in [6.07, 6.45) is 2.96. The highest BCUT2D eigenvalue weighted by Gasteiger charge is 2.02. The van der Waals surface area contributed by atoms with E-state index in [1.165, 1.54) is 0 Å². The predicted octanol–water partition coefficient (Wildman–Crippen LogP) is 4.31. The van der Waals surface area contributed by atoms with Gasteiger partial charge in [0.2, 0.25) is 0 Å². The molecule has 2 aromatic rings. The Hall–Kier alpha value is -1.07. The average molecular weight is 327 g/mol. The summed E-state index contributed by atoms with van der Waals surface area (Å²) in [7, 11) is 0. The quantitative estimate of drug-likeness (QED) is 0.859. The molecule has 0 saturated heterocycles. The number of anilines is 1. The molecular formula is C13H15BrN2OS. The van der Waals surface area contributed by atoms with E-state index in [4.69, 9.17) is 4.74 Å². The van der Waals surface area contributed by atoms with E-state index in [0.29, 0.717) is 6.61 Å². The summed E-state index contributed by atoms with van der Waals surface area (Å²) in [5.41, 5.74) is 0. The number of halogens is 1. The third-order valence-corrected chi connectivity index (χ3v) is 3.73. The topological polar surface area (TPSA) is 34.2 Å². The van der Waals surface area contributed by atoms with E-state index in [1.807, 2.05) is 30.5 Å². The fourth-order valence-corrected chi connectivity index (χ4v) is 2.39. The Labute approximate surface area is 119 Å². The molecule has 0 aliphatic carbocycles. The summed E-state index contributed by atoms with van der Waals surface area (Å²) < 4.78 is 6.74. The van der Waals surface area contributed by atoms with Gasteiger partial charge in [-0.3, -0.25) is 0 Å². The molecule has 1 aromatic heterocycles. The number of nitrogens with zero attached hydrogens (tertiary/aromatic N) is 1. The molecule has 0 spiro atoms. The monoisotopic (exact) mass is 326 g/mol. The van der Waals surface area contributed by atoms with Crippen LogP contribution >= 0.6 is 27.3 Å². The maximum atomic E-state index is 5.69. The zero-order chi connectivity index (χ0) is 12.8. The molecule has 0 atom stereocenters. The van der Waals surface area contributed by atoms with E-state index in [2.05, 4.69) is 33.2 Å². The minimum atomic E-state index is 0.563. The lowest BCUT2D eigenvalue weighted by Crippen LogP contribution is -1.97. The number of thiazole rings is 1. The first kappa shape index (κ1) is 13.4. The second-order valence-electron chi connectivity index (χ2n) is 3.80. The summed E-state index contributed by atoms with van der Waals surface area (Å²) in [5.74, 6) is 0.870. The molecule has 96 valence electrons. The van der Waals surface area contributed by atoms with E-state index in [9.17, 15) is 0 Å². The molecule has 5 heteroatoms. The Morgan fingerprint density at radius 1 is 1.33 bits per heavy atom. The first-order valence-corrected chi connectivity index (χ1v) is 7.46. The van der Waals surface area contributed by atoms with Gasteiger partial charge >= 0.3 is 0 Å². The number of hydrogen-bond donors (Lipinski definition) is 1. The van der Waals surface area contributed by atoms with Crippen LogP contribution in [0.5, 0.6) is 5.75 Å². The molecule has 0 amide bonds. The SMILES string of the molecule is CCCNc1ncc(COc2ccc(Br)cc2)s1. The lowest BCUT2D eigenvalue weighted by atomic mass is 10.3. The van der Waals surface area contributed by atoms with E-state index < -0.39 is 0 Å². The van der Waals surface area contributed by atoms with Crippen molar-refractivity contribution in [3.05, 3.63) is 39.8 Å². The Balaban J connectivity index is 1.86. The summed E-state index contributed by atoms with van der Waals surface area (Å²) in [4.78, 5) is 5.42. The van der Waals surface area contributed by atoms with Gasteiger partial charge in [-0.1, -0.05) is 34.2 Å². The van der Waals surface area contributed by atoms with Crippen LogP contribution < -0.4 is 10.1 Å². The zero-order valence-corrected chi connectivity index (χ0v) is 12.6. The van der Waals surface area contributed by atoms with Crippen molar-refractivity contribution in [2.24, 2.45) is 0 Å². The average Bonchev–Trinajstić information content (AvgIpc) is 2.84. The Morgan fingerprint density at radius 2 is 2.11 bits per heavy atom. The molecule has 2 rings (SSSR count). The fourth-order valence-electron chi connectivity index (χ4n) is 1.37. The largest absolute Gasteiger partial charge is 0.488 e. The molecular weight excluding hydrogens is 312 g/mol. The smallest absolute Gasteiger partial charge is 0.182 e. The third kappa shape index (κ3) is 3.99. The minimum Gasteiger partial charge on any atom is -0.488 e. The van der Waals surface area contributed by atoms with Crippen molar-refractivity contribution in [3.8, 4) is 5.75 Å². The van der Waals surface area contributed by atoms with Gasteiger partial charge in [-0.2, -0.15) is 0 Å².